The zero-order chi connectivity index (χ0) is 24.1. The van der Waals surface area contributed by atoms with Crippen molar-refractivity contribution in [3.05, 3.63) is 74.7 Å². The number of imide groups is 1. The summed E-state index contributed by atoms with van der Waals surface area (Å²) in [5.74, 6) is -0.855. The molecule has 9 heteroatoms. The highest BCUT2D eigenvalue weighted by Crippen LogP contribution is 2.43. The van der Waals surface area contributed by atoms with E-state index in [0.717, 1.165) is 22.6 Å². The van der Waals surface area contributed by atoms with Crippen LogP contribution >= 0.6 is 0 Å². The number of nitrogens with one attached hydrogen (secondary N) is 1. The number of non-ortho nitro benzene ring substituents is 1. The number of carbonyl (C=O) groups excluding carboxylic acids is 2. The quantitative estimate of drug-likeness (QED) is 0.318. The van der Waals surface area contributed by atoms with Gasteiger partial charge in [0, 0.05) is 36.0 Å². The molecule has 2 aliphatic rings. The van der Waals surface area contributed by atoms with Gasteiger partial charge < -0.3 is 10.2 Å². The first-order chi connectivity index (χ1) is 15.5. The number of halogens is 1. The lowest BCUT2D eigenvalue weighted by molar-refractivity contribution is -0.384. The maximum atomic E-state index is 15.0. The number of rotatable bonds is 4. The summed E-state index contributed by atoms with van der Waals surface area (Å²) in [4.78, 5) is 38.6. The molecule has 2 aromatic rings. The van der Waals surface area contributed by atoms with Gasteiger partial charge in [-0.1, -0.05) is 19.1 Å². The molecule has 2 heterocycles. The van der Waals surface area contributed by atoms with Gasteiger partial charge in [0.05, 0.1) is 11.5 Å². The molecule has 1 saturated heterocycles. The maximum Gasteiger partial charge on any atom is 0.329 e. The first-order valence-electron chi connectivity index (χ1n) is 10.6. The molecule has 2 aliphatic heterocycles. The third-order valence-corrected chi connectivity index (χ3v) is 6.50. The predicted molar refractivity (Wildman–Crippen MR) is 122 cm³/mol. The third-order valence-electron chi connectivity index (χ3n) is 6.50. The van der Waals surface area contributed by atoms with Crippen LogP contribution in [0.25, 0.3) is 6.08 Å². The maximum absolute atomic E-state index is 15.0. The van der Waals surface area contributed by atoms with Gasteiger partial charge in [0.2, 0.25) is 0 Å². The van der Waals surface area contributed by atoms with Crippen LogP contribution in [0.1, 0.15) is 49.8 Å². The summed E-state index contributed by atoms with van der Waals surface area (Å²) in [5, 5.41) is 13.3. The smallest absolute Gasteiger partial charge is 0.329 e. The Balaban J connectivity index is 1.60. The highest BCUT2D eigenvalue weighted by Gasteiger charge is 2.36. The van der Waals surface area contributed by atoms with Crippen LogP contribution in [0.15, 0.2) is 42.1 Å². The Hall–Kier alpha value is -3.75. The lowest BCUT2D eigenvalue weighted by atomic mass is 9.80. The highest BCUT2D eigenvalue weighted by molar-refractivity contribution is 6.13. The van der Waals surface area contributed by atoms with E-state index in [1.165, 1.54) is 36.4 Å². The molecule has 1 atom stereocenters. The summed E-state index contributed by atoms with van der Waals surface area (Å²) in [7, 11) is 1.94. The molecule has 2 aromatic carbocycles. The number of nitrogens with zero attached hydrogens (tertiary/aromatic N) is 3. The molecule has 4 rings (SSSR count). The Morgan fingerprint density at radius 3 is 2.55 bits per heavy atom. The first kappa shape index (κ1) is 22.4. The molecule has 33 heavy (non-hydrogen) atoms. The Kier molecular flexibility index (Phi) is 5.43. The van der Waals surface area contributed by atoms with E-state index in [4.69, 9.17) is 0 Å². The highest BCUT2D eigenvalue weighted by atomic mass is 19.1. The number of nitro groups is 1. The van der Waals surface area contributed by atoms with E-state index in [-0.39, 0.29) is 34.9 Å². The lowest BCUT2D eigenvalue weighted by Crippen LogP contribution is -2.45. The SMILES string of the molecule is CC1CC(C)(C)N(C)c2cc(F)c(/C=C3/NC(=O)N(Cc4ccc([N+](=O)[O-])cc4)C3=O)cc21. The Bertz CT molecular complexity index is 1190. The number of urea groups is 1. The minimum absolute atomic E-state index is 0.0158. The fourth-order valence-electron chi connectivity index (χ4n) is 4.49. The van der Waals surface area contributed by atoms with E-state index >= 15 is 0 Å². The second-order valence-electron chi connectivity index (χ2n) is 9.21. The predicted octanol–water partition coefficient (Wildman–Crippen LogP) is 4.55. The Labute approximate surface area is 190 Å². The van der Waals surface area contributed by atoms with Crippen molar-refractivity contribution in [2.45, 2.75) is 45.2 Å². The minimum atomic E-state index is -0.627. The van der Waals surface area contributed by atoms with Crippen molar-refractivity contribution < 1.29 is 18.9 Å². The van der Waals surface area contributed by atoms with Crippen molar-refractivity contribution in [1.29, 1.82) is 0 Å². The summed E-state index contributed by atoms with van der Waals surface area (Å²) in [6, 6.07) is 8.20. The van der Waals surface area contributed by atoms with Crippen LogP contribution in [0.4, 0.5) is 20.6 Å². The summed E-state index contributed by atoms with van der Waals surface area (Å²) in [6.07, 6.45) is 2.26. The van der Waals surface area contributed by atoms with Gasteiger partial charge in [0.1, 0.15) is 11.5 Å². The number of fused-ring (bicyclic) bond motifs is 1. The second kappa shape index (κ2) is 7.99. The molecule has 0 bridgehead atoms. The molecule has 8 nitrogen and oxygen atoms in total. The van der Waals surface area contributed by atoms with E-state index < -0.39 is 22.7 Å². The van der Waals surface area contributed by atoms with Crippen molar-refractivity contribution in [2.24, 2.45) is 0 Å². The van der Waals surface area contributed by atoms with Crippen LogP contribution in [0, 0.1) is 15.9 Å². The summed E-state index contributed by atoms with van der Waals surface area (Å²) in [6.45, 7) is 6.28. The molecule has 1 fully saturated rings. The number of hydrogen-bond acceptors (Lipinski definition) is 5. The normalized spacial score (nSPS) is 20.8. The first-order valence-corrected chi connectivity index (χ1v) is 10.6. The van der Waals surface area contributed by atoms with Crippen molar-refractivity contribution in [2.75, 3.05) is 11.9 Å². The van der Waals surface area contributed by atoms with Crippen molar-refractivity contribution in [3.8, 4) is 0 Å². The van der Waals surface area contributed by atoms with Crippen LogP contribution in [-0.2, 0) is 11.3 Å². The van der Waals surface area contributed by atoms with Gasteiger partial charge in [0.15, 0.2) is 0 Å². The van der Waals surface area contributed by atoms with Gasteiger partial charge in [-0.2, -0.15) is 0 Å². The topological polar surface area (TPSA) is 95.8 Å². The van der Waals surface area contributed by atoms with Gasteiger partial charge in [0.25, 0.3) is 11.6 Å². The number of anilines is 1. The number of benzene rings is 2. The number of amides is 3. The van der Waals surface area contributed by atoms with Crippen molar-refractivity contribution >= 4 is 29.4 Å². The monoisotopic (exact) mass is 452 g/mol. The van der Waals surface area contributed by atoms with Crippen molar-refractivity contribution in [1.82, 2.24) is 10.2 Å². The van der Waals surface area contributed by atoms with Gasteiger partial charge >= 0.3 is 6.03 Å². The average molecular weight is 452 g/mol. The molecule has 0 aliphatic carbocycles. The lowest BCUT2D eigenvalue weighted by Gasteiger charge is -2.45. The molecule has 0 saturated carbocycles. The fraction of sp³-hybridized carbons (Fsp3) is 0.333. The molecule has 1 N–H and O–H groups in total. The number of hydrogen-bond donors (Lipinski definition) is 1. The van der Waals surface area contributed by atoms with Gasteiger partial charge in [-0.3, -0.25) is 19.8 Å². The molecule has 0 spiro atoms. The van der Waals surface area contributed by atoms with Gasteiger partial charge in [-0.25, -0.2) is 9.18 Å². The van der Waals surface area contributed by atoms with Crippen LogP contribution in [0.5, 0.6) is 0 Å². The zero-order valence-corrected chi connectivity index (χ0v) is 18.9. The van der Waals surface area contributed by atoms with E-state index in [0.29, 0.717) is 5.56 Å². The third kappa shape index (κ3) is 4.06. The summed E-state index contributed by atoms with van der Waals surface area (Å²) in [5.41, 5.74) is 2.40. The fourth-order valence-corrected chi connectivity index (χ4v) is 4.49. The molecule has 1 unspecified atom stereocenters. The molecular weight excluding hydrogens is 427 g/mol. The average Bonchev–Trinajstić information content (AvgIpc) is 3.00. The minimum Gasteiger partial charge on any atom is -0.369 e. The Morgan fingerprint density at radius 1 is 1.24 bits per heavy atom. The standard InChI is InChI=1S/C24H25FN4O4/c1-14-12-24(2,3)27(4)21-11-19(25)16(9-18(14)21)10-20-22(30)28(23(31)26-20)13-15-5-7-17(8-6-15)29(32)33/h5-11,14H,12-13H2,1-4H3,(H,26,31)/b20-10+. The van der Waals surface area contributed by atoms with E-state index in [9.17, 15) is 24.1 Å². The van der Waals surface area contributed by atoms with E-state index in [1.807, 2.05) is 7.05 Å². The van der Waals surface area contributed by atoms with Gasteiger partial charge in [-0.05, 0) is 55.5 Å². The van der Waals surface area contributed by atoms with Crippen molar-refractivity contribution in [3.63, 3.8) is 0 Å². The van der Waals surface area contributed by atoms with Gasteiger partial charge in [-0.15, -0.1) is 0 Å². The summed E-state index contributed by atoms with van der Waals surface area (Å²) < 4.78 is 15.0. The molecular formula is C24H25FN4O4. The largest absolute Gasteiger partial charge is 0.369 e. The van der Waals surface area contributed by atoms with Crippen LogP contribution in [0.3, 0.4) is 0 Å². The van der Waals surface area contributed by atoms with E-state index in [2.05, 4.69) is 31.0 Å². The van der Waals surface area contributed by atoms with Crippen LogP contribution < -0.4 is 10.2 Å². The second-order valence-corrected chi connectivity index (χ2v) is 9.21. The molecule has 3 amide bonds. The van der Waals surface area contributed by atoms with E-state index in [1.54, 1.807) is 6.07 Å². The van der Waals surface area contributed by atoms with Crippen LogP contribution in [-0.4, -0.2) is 34.3 Å². The zero-order valence-electron chi connectivity index (χ0n) is 18.9. The Morgan fingerprint density at radius 2 is 1.91 bits per heavy atom. The van der Waals surface area contributed by atoms with Crippen LogP contribution in [0.2, 0.25) is 0 Å². The molecule has 0 radical (unpaired) electrons. The molecule has 172 valence electrons. The summed E-state index contributed by atoms with van der Waals surface area (Å²) >= 11 is 0. The molecule has 0 aromatic heterocycles. The number of carbonyl (C=O) groups is 2. The number of nitro benzene ring substituents is 1.